The van der Waals surface area contributed by atoms with Crippen LogP contribution in [0.1, 0.15) is 23.5 Å². The summed E-state index contributed by atoms with van der Waals surface area (Å²) in [6, 6.07) is 12.7. The Balaban J connectivity index is 1.69. The molecule has 0 radical (unpaired) electrons. The predicted molar refractivity (Wildman–Crippen MR) is 82.1 cm³/mol. The largest absolute Gasteiger partial charge is 0.384 e. The van der Waals surface area contributed by atoms with Crippen LogP contribution in [0.25, 0.3) is 0 Å². The van der Waals surface area contributed by atoms with Gasteiger partial charge in [-0.05, 0) is 30.7 Å². The molecule has 2 aromatic carbocycles. The number of hydrogen-bond donors (Lipinski definition) is 2. The molecule has 0 bridgehead atoms. The van der Waals surface area contributed by atoms with E-state index in [0.29, 0.717) is 17.7 Å². The van der Waals surface area contributed by atoms with Gasteiger partial charge in [0.1, 0.15) is 5.82 Å². The highest BCUT2D eigenvalue weighted by Gasteiger charge is 2.24. The summed E-state index contributed by atoms with van der Waals surface area (Å²) in [5, 5.41) is 6.10. The van der Waals surface area contributed by atoms with Crippen LogP contribution in [0.2, 0.25) is 0 Å². The summed E-state index contributed by atoms with van der Waals surface area (Å²) in [6.07, 6.45) is 0.389. The zero-order valence-electron chi connectivity index (χ0n) is 11.8. The van der Waals surface area contributed by atoms with Crippen molar-refractivity contribution in [3.05, 3.63) is 59.4 Å². The minimum absolute atomic E-state index is 0.0906. The van der Waals surface area contributed by atoms with Gasteiger partial charge in [0, 0.05) is 35.8 Å². The van der Waals surface area contributed by atoms with Crippen molar-refractivity contribution in [1.82, 2.24) is 0 Å². The molecule has 108 valence electrons. The Kier molecular flexibility index (Phi) is 3.60. The van der Waals surface area contributed by atoms with Crippen LogP contribution in [0.5, 0.6) is 0 Å². The molecule has 1 atom stereocenters. The number of nitrogens with one attached hydrogen (secondary N) is 2. The van der Waals surface area contributed by atoms with Crippen molar-refractivity contribution in [1.29, 1.82) is 0 Å². The molecule has 0 aromatic heterocycles. The highest BCUT2D eigenvalue weighted by Crippen LogP contribution is 2.33. The van der Waals surface area contributed by atoms with E-state index in [2.05, 4.69) is 10.6 Å². The third-order valence-corrected chi connectivity index (χ3v) is 3.91. The van der Waals surface area contributed by atoms with Gasteiger partial charge in [-0.2, -0.15) is 0 Å². The lowest BCUT2D eigenvalue weighted by Gasteiger charge is -2.12. The monoisotopic (exact) mass is 284 g/mol. The Morgan fingerprint density at radius 3 is 2.95 bits per heavy atom. The van der Waals surface area contributed by atoms with Crippen molar-refractivity contribution >= 4 is 17.3 Å². The molecule has 4 heteroatoms. The molecule has 1 heterocycles. The second-order valence-electron chi connectivity index (χ2n) is 5.33. The number of carbonyl (C=O) groups is 1. The van der Waals surface area contributed by atoms with Crippen LogP contribution in [0, 0.1) is 12.7 Å². The van der Waals surface area contributed by atoms with E-state index in [1.807, 2.05) is 24.3 Å². The Morgan fingerprint density at radius 1 is 1.29 bits per heavy atom. The molecule has 3 nitrogen and oxygen atoms in total. The lowest BCUT2D eigenvalue weighted by Crippen LogP contribution is -2.17. The molecular formula is C17H17FN2O. The molecule has 0 spiro atoms. The van der Waals surface area contributed by atoms with Gasteiger partial charge in [-0.25, -0.2) is 4.39 Å². The predicted octanol–water partition coefficient (Wildman–Crippen LogP) is 3.67. The maximum absolute atomic E-state index is 13.5. The first-order valence-corrected chi connectivity index (χ1v) is 7.03. The van der Waals surface area contributed by atoms with Crippen molar-refractivity contribution in [2.45, 2.75) is 19.3 Å². The van der Waals surface area contributed by atoms with Crippen molar-refractivity contribution in [2.24, 2.45) is 0 Å². The fourth-order valence-electron chi connectivity index (χ4n) is 2.71. The number of rotatable bonds is 3. The maximum Gasteiger partial charge on any atom is 0.225 e. The Bertz CT molecular complexity index is 684. The normalized spacial score (nSPS) is 16.2. The molecule has 0 fully saturated rings. The van der Waals surface area contributed by atoms with E-state index >= 15 is 0 Å². The summed E-state index contributed by atoms with van der Waals surface area (Å²) in [4.78, 5) is 12.2. The van der Waals surface area contributed by atoms with Crippen LogP contribution in [0.15, 0.2) is 42.5 Å². The van der Waals surface area contributed by atoms with Crippen LogP contribution in [-0.2, 0) is 4.79 Å². The van der Waals surface area contributed by atoms with E-state index in [4.69, 9.17) is 0 Å². The summed E-state index contributed by atoms with van der Waals surface area (Å²) < 4.78 is 13.5. The number of fused-ring (bicyclic) bond motifs is 1. The fourth-order valence-corrected chi connectivity index (χ4v) is 2.71. The fraction of sp³-hybridized carbons (Fsp3) is 0.235. The average Bonchev–Trinajstić information content (AvgIpc) is 2.87. The minimum atomic E-state index is -0.305. The van der Waals surface area contributed by atoms with E-state index in [-0.39, 0.29) is 17.6 Å². The summed E-state index contributed by atoms with van der Waals surface area (Å²) in [5.41, 5.74) is 3.27. The lowest BCUT2D eigenvalue weighted by atomic mass is 9.97. The van der Waals surface area contributed by atoms with Crippen LogP contribution >= 0.6 is 0 Å². The average molecular weight is 284 g/mol. The van der Waals surface area contributed by atoms with E-state index in [0.717, 1.165) is 12.2 Å². The van der Waals surface area contributed by atoms with Gasteiger partial charge >= 0.3 is 0 Å². The molecule has 2 N–H and O–H groups in total. The first-order valence-electron chi connectivity index (χ1n) is 7.03. The molecule has 0 saturated heterocycles. The summed E-state index contributed by atoms with van der Waals surface area (Å²) in [5.74, 6) is -0.233. The minimum Gasteiger partial charge on any atom is -0.384 e. The number of amides is 1. The van der Waals surface area contributed by atoms with Gasteiger partial charge in [0.25, 0.3) is 0 Å². The summed E-state index contributed by atoms with van der Waals surface area (Å²) in [7, 11) is 0. The molecule has 1 amide bonds. The highest BCUT2D eigenvalue weighted by molar-refractivity contribution is 5.92. The third kappa shape index (κ3) is 2.75. The van der Waals surface area contributed by atoms with Gasteiger partial charge in [0.15, 0.2) is 0 Å². The standard InChI is InChI=1S/C17H17FN2O/c1-11-14(18)6-4-8-15(11)20-17(21)9-12-10-19-16-7-3-2-5-13(12)16/h2-8,12,19H,9-10H2,1H3,(H,20,21). The Hall–Kier alpha value is -2.36. The number of anilines is 2. The molecule has 2 aromatic rings. The number of halogens is 1. The van der Waals surface area contributed by atoms with E-state index < -0.39 is 0 Å². The highest BCUT2D eigenvalue weighted by atomic mass is 19.1. The zero-order chi connectivity index (χ0) is 14.8. The quantitative estimate of drug-likeness (QED) is 0.903. The first-order chi connectivity index (χ1) is 10.1. The van der Waals surface area contributed by atoms with Crippen LogP contribution < -0.4 is 10.6 Å². The molecular weight excluding hydrogens is 267 g/mol. The van der Waals surface area contributed by atoms with Crippen molar-refractivity contribution < 1.29 is 9.18 Å². The van der Waals surface area contributed by atoms with Crippen LogP contribution in [-0.4, -0.2) is 12.5 Å². The molecule has 3 rings (SSSR count). The zero-order valence-corrected chi connectivity index (χ0v) is 11.8. The van der Waals surface area contributed by atoms with Crippen molar-refractivity contribution in [2.75, 3.05) is 17.2 Å². The number of hydrogen-bond acceptors (Lipinski definition) is 2. The number of benzene rings is 2. The lowest BCUT2D eigenvalue weighted by molar-refractivity contribution is -0.116. The Labute approximate surface area is 123 Å². The SMILES string of the molecule is Cc1c(F)cccc1NC(=O)CC1CNc2ccccc21. The Morgan fingerprint density at radius 2 is 2.10 bits per heavy atom. The first kappa shape index (κ1) is 13.6. The van der Waals surface area contributed by atoms with Gasteiger partial charge in [-0.3, -0.25) is 4.79 Å². The second kappa shape index (κ2) is 5.56. The van der Waals surface area contributed by atoms with Gasteiger partial charge in [0.2, 0.25) is 5.91 Å². The topological polar surface area (TPSA) is 41.1 Å². The number of para-hydroxylation sites is 1. The van der Waals surface area contributed by atoms with Gasteiger partial charge in [-0.15, -0.1) is 0 Å². The summed E-state index contributed by atoms with van der Waals surface area (Å²) >= 11 is 0. The molecule has 1 unspecified atom stereocenters. The van der Waals surface area contributed by atoms with Gasteiger partial charge < -0.3 is 10.6 Å². The van der Waals surface area contributed by atoms with E-state index in [9.17, 15) is 9.18 Å². The van der Waals surface area contributed by atoms with E-state index in [1.54, 1.807) is 19.1 Å². The smallest absolute Gasteiger partial charge is 0.225 e. The maximum atomic E-state index is 13.5. The van der Waals surface area contributed by atoms with Crippen molar-refractivity contribution in [3.63, 3.8) is 0 Å². The van der Waals surface area contributed by atoms with E-state index in [1.165, 1.54) is 11.6 Å². The molecule has 1 aliphatic heterocycles. The molecule has 0 saturated carbocycles. The van der Waals surface area contributed by atoms with Gasteiger partial charge in [0.05, 0.1) is 0 Å². The molecule has 0 aliphatic carbocycles. The van der Waals surface area contributed by atoms with Gasteiger partial charge in [-0.1, -0.05) is 24.3 Å². The molecule has 21 heavy (non-hydrogen) atoms. The van der Waals surface area contributed by atoms with Crippen molar-refractivity contribution in [3.8, 4) is 0 Å². The van der Waals surface area contributed by atoms with Crippen LogP contribution in [0.3, 0.4) is 0 Å². The molecule has 1 aliphatic rings. The second-order valence-corrected chi connectivity index (χ2v) is 5.33. The number of carbonyl (C=O) groups excluding carboxylic acids is 1. The van der Waals surface area contributed by atoms with Crippen LogP contribution in [0.4, 0.5) is 15.8 Å². The third-order valence-electron chi connectivity index (χ3n) is 3.91. The summed E-state index contributed by atoms with van der Waals surface area (Å²) in [6.45, 7) is 2.42.